The minimum Gasteiger partial charge on any atom is -0.367 e. The summed E-state index contributed by atoms with van der Waals surface area (Å²) in [5.74, 6) is 0.770. The average Bonchev–Trinajstić information content (AvgIpc) is 3.32. The SMILES string of the molecule is Cc1nc(CN2C[C@@H](c3ccccc3)O[C@@H](C3CC3)C2)cs1. The second-order valence-corrected chi connectivity index (χ2v) is 7.53. The highest BCUT2D eigenvalue weighted by atomic mass is 32.1. The molecule has 2 aromatic rings. The highest BCUT2D eigenvalue weighted by Crippen LogP contribution is 2.39. The van der Waals surface area contributed by atoms with E-state index >= 15 is 0 Å². The first-order chi connectivity index (χ1) is 10.8. The van der Waals surface area contributed by atoms with Gasteiger partial charge in [-0.2, -0.15) is 0 Å². The van der Waals surface area contributed by atoms with Gasteiger partial charge in [0.2, 0.25) is 0 Å². The summed E-state index contributed by atoms with van der Waals surface area (Å²) in [4.78, 5) is 7.15. The Bertz CT molecular complexity index is 623. The number of benzene rings is 1. The first-order valence-corrected chi connectivity index (χ1v) is 8.99. The Kier molecular flexibility index (Phi) is 3.99. The number of aryl methyl sites for hydroxylation is 1. The molecule has 1 aliphatic carbocycles. The van der Waals surface area contributed by atoms with Crippen molar-refractivity contribution in [1.82, 2.24) is 9.88 Å². The third-order valence-electron chi connectivity index (χ3n) is 4.57. The van der Waals surface area contributed by atoms with E-state index in [4.69, 9.17) is 4.74 Å². The van der Waals surface area contributed by atoms with Crippen LogP contribution in [-0.2, 0) is 11.3 Å². The van der Waals surface area contributed by atoms with Gasteiger partial charge >= 0.3 is 0 Å². The van der Waals surface area contributed by atoms with E-state index in [2.05, 4.69) is 52.5 Å². The molecule has 1 saturated heterocycles. The second-order valence-electron chi connectivity index (χ2n) is 6.46. The smallest absolute Gasteiger partial charge is 0.0956 e. The maximum Gasteiger partial charge on any atom is 0.0956 e. The van der Waals surface area contributed by atoms with Crippen LogP contribution in [0.4, 0.5) is 0 Å². The zero-order valence-corrected chi connectivity index (χ0v) is 13.8. The summed E-state index contributed by atoms with van der Waals surface area (Å²) in [7, 11) is 0. The molecule has 22 heavy (non-hydrogen) atoms. The van der Waals surface area contributed by atoms with Gasteiger partial charge in [0.15, 0.2) is 0 Å². The van der Waals surface area contributed by atoms with Crippen molar-refractivity contribution < 1.29 is 4.74 Å². The predicted octanol–water partition coefficient (Wildman–Crippen LogP) is 3.80. The summed E-state index contributed by atoms with van der Waals surface area (Å²) in [6.45, 7) is 5.03. The number of aromatic nitrogens is 1. The Hall–Kier alpha value is -1.23. The van der Waals surface area contributed by atoms with Gasteiger partial charge in [-0.15, -0.1) is 11.3 Å². The van der Waals surface area contributed by atoms with Crippen molar-refractivity contribution in [3.63, 3.8) is 0 Å². The van der Waals surface area contributed by atoms with Gasteiger partial charge in [0.1, 0.15) is 0 Å². The van der Waals surface area contributed by atoms with Crippen LogP contribution < -0.4 is 0 Å². The molecule has 0 radical (unpaired) electrons. The zero-order chi connectivity index (χ0) is 14.9. The van der Waals surface area contributed by atoms with Gasteiger partial charge < -0.3 is 4.74 Å². The molecule has 0 N–H and O–H groups in total. The first kappa shape index (κ1) is 14.4. The molecule has 0 unspecified atom stereocenters. The lowest BCUT2D eigenvalue weighted by Gasteiger charge is -2.38. The van der Waals surface area contributed by atoms with Crippen LogP contribution in [0.3, 0.4) is 0 Å². The molecule has 2 atom stereocenters. The van der Waals surface area contributed by atoms with Crippen molar-refractivity contribution in [1.29, 1.82) is 0 Å². The minimum atomic E-state index is 0.195. The molecule has 3 nitrogen and oxygen atoms in total. The van der Waals surface area contributed by atoms with Crippen molar-refractivity contribution in [3.8, 4) is 0 Å². The summed E-state index contributed by atoms with van der Waals surface area (Å²) in [5.41, 5.74) is 2.50. The normalized spacial score (nSPS) is 26.2. The maximum absolute atomic E-state index is 6.41. The lowest BCUT2D eigenvalue weighted by molar-refractivity contribution is -0.0988. The van der Waals surface area contributed by atoms with Gasteiger partial charge in [-0.05, 0) is 31.2 Å². The molecular formula is C18H22N2OS. The third kappa shape index (κ3) is 3.24. The van der Waals surface area contributed by atoms with Crippen LogP contribution in [0.25, 0.3) is 0 Å². The van der Waals surface area contributed by atoms with Crippen molar-refractivity contribution in [2.45, 2.75) is 38.5 Å². The van der Waals surface area contributed by atoms with E-state index in [0.717, 1.165) is 30.6 Å². The summed E-state index contributed by atoms with van der Waals surface area (Å²) in [6.07, 6.45) is 3.24. The van der Waals surface area contributed by atoms with Crippen molar-refractivity contribution >= 4 is 11.3 Å². The number of hydrogen-bond acceptors (Lipinski definition) is 4. The van der Waals surface area contributed by atoms with E-state index in [-0.39, 0.29) is 6.10 Å². The standard InChI is InChI=1S/C18H22N2OS/c1-13-19-16(12-22-13)9-20-10-17(14-5-3-2-4-6-14)21-18(11-20)15-7-8-15/h2-6,12,15,17-18H,7-11H2,1H3/t17-,18+/m0/s1. The van der Waals surface area contributed by atoms with Crippen LogP contribution in [-0.4, -0.2) is 29.1 Å². The summed E-state index contributed by atoms with van der Waals surface area (Å²) >= 11 is 1.74. The maximum atomic E-state index is 6.41. The Balaban J connectivity index is 1.51. The van der Waals surface area contributed by atoms with E-state index in [1.807, 2.05) is 0 Å². The van der Waals surface area contributed by atoms with E-state index in [0.29, 0.717) is 6.10 Å². The van der Waals surface area contributed by atoms with Crippen molar-refractivity contribution in [3.05, 3.63) is 52.0 Å². The first-order valence-electron chi connectivity index (χ1n) is 8.12. The number of ether oxygens (including phenoxy) is 1. The highest BCUT2D eigenvalue weighted by Gasteiger charge is 2.38. The molecule has 0 spiro atoms. The largest absolute Gasteiger partial charge is 0.367 e. The Labute approximate surface area is 135 Å². The molecular weight excluding hydrogens is 292 g/mol. The van der Waals surface area contributed by atoms with E-state index in [1.54, 1.807) is 11.3 Å². The monoisotopic (exact) mass is 314 g/mol. The van der Waals surface area contributed by atoms with Gasteiger partial charge in [-0.25, -0.2) is 4.98 Å². The van der Waals surface area contributed by atoms with Crippen molar-refractivity contribution in [2.75, 3.05) is 13.1 Å². The summed E-state index contributed by atoms with van der Waals surface area (Å²) in [5, 5.41) is 3.34. The lowest BCUT2D eigenvalue weighted by Crippen LogP contribution is -2.44. The number of nitrogens with zero attached hydrogens (tertiary/aromatic N) is 2. The zero-order valence-electron chi connectivity index (χ0n) is 12.9. The third-order valence-corrected chi connectivity index (χ3v) is 5.39. The van der Waals surface area contributed by atoms with Gasteiger partial charge in [-0.3, -0.25) is 4.90 Å². The minimum absolute atomic E-state index is 0.195. The van der Waals surface area contributed by atoms with E-state index in [1.165, 1.54) is 24.1 Å². The topological polar surface area (TPSA) is 25.4 Å². The van der Waals surface area contributed by atoms with E-state index < -0.39 is 0 Å². The van der Waals surface area contributed by atoms with Gasteiger partial charge in [-0.1, -0.05) is 30.3 Å². The molecule has 2 heterocycles. The number of morpholine rings is 1. The fourth-order valence-corrected chi connectivity index (χ4v) is 3.88. The van der Waals surface area contributed by atoms with Gasteiger partial charge in [0.25, 0.3) is 0 Å². The molecule has 116 valence electrons. The number of thiazole rings is 1. The molecule has 1 aromatic carbocycles. The summed E-state index contributed by atoms with van der Waals surface area (Å²) < 4.78 is 6.41. The lowest BCUT2D eigenvalue weighted by atomic mass is 10.0. The fourth-order valence-electron chi connectivity index (χ4n) is 3.28. The Morgan fingerprint density at radius 2 is 2.05 bits per heavy atom. The van der Waals surface area contributed by atoms with Gasteiger partial charge in [0, 0.05) is 25.0 Å². The van der Waals surface area contributed by atoms with Crippen LogP contribution in [0.5, 0.6) is 0 Å². The number of hydrogen-bond donors (Lipinski definition) is 0. The molecule has 0 amide bonds. The molecule has 2 aliphatic rings. The second kappa shape index (κ2) is 6.11. The van der Waals surface area contributed by atoms with Crippen LogP contribution in [0.15, 0.2) is 35.7 Å². The molecule has 1 saturated carbocycles. The quantitative estimate of drug-likeness (QED) is 0.858. The highest BCUT2D eigenvalue weighted by molar-refractivity contribution is 7.09. The Morgan fingerprint density at radius 3 is 2.73 bits per heavy atom. The molecule has 1 aromatic heterocycles. The molecule has 1 aliphatic heterocycles. The van der Waals surface area contributed by atoms with Gasteiger partial charge in [0.05, 0.1) is 22.9 Å². The predicted molar refractivity (Wildman–Crippen MR) is 88.9 cm³/mol. The number of rotatable bonds is 4. The summed E-state index contributed by atoms with van der Waals surface area (Å²) in [6, 6.07) is 10.7. The molecule has 0 bridgehead atoms. The van der Waals surface area contributed by atoms with Crippen molar-refractivity contribution in [2.24, 2.45) is 5.92 Å². The average molecular weight is 314 g/mol. The molecule has 2 fully saturated rings. The molecule has 4 rings (SSSR count). The fraction of sp³-hybridized carbons (Fsp3) is 0.500. The van der Waals surface area contributed by atoms with Crippen LogP contribution >= 0.6 is 11.3 Å². The van der Waals surface area contributed by atoms with Crippen LogP contribution in [0, 0.1) is 12.8 Å². The van der Waals surface area contributed by atoms with Crippen LogP contribution in [0.1, 0.15) is 35.2 Å². The van der Waals surface area contributed by atoms with E-state index in [9.17, 15) is 0 Å². The Morgan fingerprint density at radius 1 is 1.23 bits per heavy atom. The molecule has 4 heteroatoms. The van der Waals surface area contributed by atoms with Crippen LogP contribution in [0.2, 0.25) is 0 Å².